The van der Waals surface area contributed by atoms with Crippen LogP contribution in [0.5, 0.6) is 0 Å². The number of ether oxygens (including phenoxy) is 1. The molecule has 2 aromatic carbocycles. The van der Waals surface area contributed by atoms with E-state index in [-0.39, 0.29) is 16.6 Å². The second-order valence-electron chi connectivity index (χ2n) is 8.84. The SMILES string of the molecule is COC(=O)C=Cc1cccc(C(=O)c2ccc3c(c2)C(C)(C)CCC3(C)C)c1. The van der Waals surface area contributed by atoms with Crippen LogP contribution in [-0.2, 0) is 20.4 Å². The Morgan fingerprint density at radius 1 is 0.893 bits per heavy atom. The number of ketones is 1. The van der Waals surface area contributed by atoms with Crippen molar-refractivity contribution in [3.63, 3.8) is 0 Å². The molecule has 146 valence electrons. The molecule has 0 bridgehead atoms. The van der Waals surface area contributed by atoms with Crippen molar-refractivity contribution in [2.24, 2.45) is 0 Å². The highest BCUT2D eigenvalue weighted by Gasteiger charge is 2.37. The Morgan fingerprint density at radius 2 is 1.54 bits per heavy atom. The van der Waals surface area contributed by atoms with Gasteiger partial charge in [0, 0.05) is 17.2 Å². The Hall–Kier alpha value is -2.68. The van der Waals surface area contributed by atoms with Gasteiger partial charge in [0.1, 0.15) is 0 Å². The number of carbonyl (C=O) groups excluding carboxylic acids is 2. The van der Waals surface area contributed by atoms with Gasteiger partial charge in [0.05, 0.1) is 7.11 Å². The van der Waals surface area contributed by atoms with Crippen LogP contribution in [-0.4, -0.2) is 18.9 Å². The minimum atomic E-state index is -0.420. The molecule has 0 fully saturated rings. The van der Waals surface area contributed by atoms with Crippen LogP contribution in [0.25, 0.3) is 6.08 Å². The van der Waals surface area contributed by atoms with Crippen LogP contribution in [0.15, 0.2) is 48.5 Å². The molecular formula is C25H28O3. The number of hydrogen-bond acceptors (Lipinski definition) is 3. The summed E-state index contributed by atoms with van der Waals surface area (Å²) >= 11 is 0. The van der Waals surface area contributed by atoms with Gasteiger partial charge in [-0.3, -0.25) is 4.79 Å². The van der Waals surface area contributed by atoms with Crippen molar-refractivity contribution in [3.8, 4) is 0 Å². The molecule has 0 saturated carbocycles. The molecule has 0 amide bonds. The third-order valence-corrected chi connectivity index (χ3v) is 5.88. The average molecular weight is 376 g/mol. The summed E-state index contributed by atoms with van der Waals surface area (Å²) in [6, 6.07) is 13.5. The van der Waals surface area contributed by atoms with E-state index in [0.29, 0.717) is 11.1 Å². The van der Waals surface area contributed by atoms with Gasteiger partial charge in [0.2, 0.25) is 0 Å². The third kappa shape index (κ3) is 3.94. The van der Waals surface area contributed by atoms with Crippen molar-refractivity contribution < 1.29 is 14.3 Å². The number of carbonyl (C=O) groups is 2. The lowest BCUT2D eigenvalue weighted by Gasteiger charge is -2.42. The highest BCUT2D eigenvalue weighted by Crippen LogP contribution is 2.46. The summed E-state index contributed by atoms with van der Waals surface area (Å²) in [7, 11) is 1.34. The molecule has 0 heterocycles. The Bertz CT molecular complexity index is 948. The predicted octanol–water partition coefficient (Wildman–Crippen LogP) is 5.45. The molecule has 0 atom stereocenters. The first-order valence-corrected chi connectivity index (χ1v) is 9.70. The lowest BCUT2D eigenvalue weighted by atomic mass is 9.63. The Labute approximate surface area is 167 Å². The van der Waals surface area contributed by atoms with Crippen molar-refractivity contribution in [2.75, 3.05) is 7.11 Å². The molecule has 0 saturated heterocycles. The van der Waals surface area contributed by atoms with E-state index in [1.807, 2.05) is 24.3 Å². The van der Waals surface area contributed by atoms with Gasteiger partial charge in [-0.05, 0) is 58.6 Å². The molecule has 0 aromatic heterocycles. The Balaban J connectivity index is 1.96. The van der Waals surface area contributed by atoms with E-state index in [9.17, 15) is 9.59 Å². The molecule has 0 radical (unpaired) electrons. The second-order valence-corrected chi connectivity index (χ2v) is 8.84. The van der Waals surface area contributed by atoms with Crippen LogP contribution < -0.4 is 0 Å². The lowest BCUT2D eigenvalue weighted by molar-refractivity contribution is -0.134. The first-order chi connectivity index (χ1) is 13.1. The minimum absolute atomic E-state index is 0.00435. The molecule has 0 unspecified atom stereocenters. The van der Waals surface area contributed by atoms with Gasteiger partial charge in [-0.2, -0.15) is 0 Å². The molecule has 2 aromatic rings. The smallest absolute Gasteiger partial charge is 0.330 e. The standard InChI is InChI=1S/C25H28O3/c1-24(2)13-14-25(3,4)21-16-19(10-11-20(21)24)23(27)18-8-6-7-17(15-18)9-12-22(26)28-5/h6-12,15-16H,13-14H2,1-5H3. The molecule has 0 N–H and O–H groups in total. The van der Waals surface area contributed by atoms with Gasteiger partial charge in [-0.1, -0.05) is 58.0 Å². The number of benzene rings is 2. The van der Waals surface area contributed by atoms with Crippen LogP contribution >= 0.6 is 0 Å². The van der Waals surface area contributed by atoms with E-state index in [4.69, 9.17) is 0 Å². The fourth-order valence-corrected chi connectivity index (χ4v) is 3.91. The van der Waals surface area contributed by atoms with Crippen LogP contribution in [0.1, 0.15) is 73.1 Å². The van der Waals surface area contributed by atoms with E-state index < -0.39 is 5.97 Å². The zero-order valence-electron chi connectivity index (χ0n) is 17.3. The van der Waals surface area contributed by atoms with E-state index in [0.717, 1.165) is 18.4 Å². The molecule has 3 heteroatoms. The first-order valence-electron chi connectivity index (χ1n) is 9.70. The minimum Gasteiger partial charge on any atom is -0.466 e. The lowest BCUT2D eigenvalue weighted by Crippen LogP contribution is -2.34. The number of hydrogen-bond donors (Lipinski definition) is 0. The average Bonchev–Trinajstić information content (AvgIpc) is 2.69. The van der Waals surface area contributed by atoms with Gasteiger partial charge >= 0.3 is 5.97 Å². The predicted molar refractivity (Wildman–Crippen MR) is 113 cm³/mol. The fourth-order valence-electron chi connectivity index (χ4n) is 3.91. The van der Waals surface area contributed by atoms with Crippen LogP contribution in [0.4, 0.5) is 0 Å². The quantitative estimate of drug-likeness (QED) is 0.405. The van der Waals surface area contributed by atoms with Crippen LogP contribution in [0.2, 0.25) is 0 Å². The third-order valence-electron chi connectivity index (χ3n) is 5.88. The zero-order chi connectivity index (χ0) is 20.5. The summed E-state index contributed by atoms with van der Waals surface area (Å²) in [5, 5.41) is 0. The van der Waals surface area contributed by atoms with E-state index in [2.05, 4.69) is 44.6 Å². The zero-order valence-corrected chi connectivity index (χ0v) is 17.3. The largest absolute Gasteiger partial charge is 0.466 e. The Morgan fingerprint density at radius 3 is 2.21 bits per heavy atom. The molecule has 1 aliphatic carbocycles. The van der Waals surface area contributed by atoms with E-state index >= 15 is 0 Å². The summed E-state index contributed by atoms with van der Waals surface area (Å²) in [4.78, 5) is 24.4. The van der Waals surface area contributed by atoms with Crippen molar-refractivity contribution in [2.45, 2.75) is 51.4 Å². The molecule has 1 aliphatic rings. The van der Waals surface area contributed by atoms with Crippen LogP contribution in [0, 0.1) is 0 Å². The van der Waals surface area contributed by atoms with Crippen molar-refractivity contribution in [1.29, 1.82) is 0 Å². The Kier molecular flexibility index (Phi) is 5.29. The van der Waals surface area contributed by atoms with Gasteiger partial charge in [0.15, 0.2) is 5.78 Å². The maximum atomic E-state index is 13.1. The van der Waals surface area contributed by atoms with Crippen molar-refractivity contribution in [3.05, 3.63) is 76.4 Å². The summed E-state index contributed by atoms with van der Waals surface area (Å²) in [5.74, 6) is -0.424. The molecule has 3 nitrogen and oxygen atoms in total. The highest BCUT2D eigenvalue weighted by atomic mass is 16.5. The maximum Gasteiger partial charge on any atom is 0.330 e. The molecular weight excluding hydrogens is 348 g/mol. The number of methoxy groups -OCH3 is 1. The topological polar surface area (TPSA) is 43.4 Å². The van der Waals surface area contributed by atoms with Gasteiger partial charge < -0.3 is 4.74 Å². The number of rotatable bonds is 4. The van der Waals surface area contributed by atoms with Gasteiger partial charge in [-0.25, -0.2) is 4.79 Å². The van der Waals surface area contributed by atoms with E-state index in [1.165, 1.54) is 24.3 Å². The summed E-state index contributed by atoms with van der Waals surface area (Å²) in [6.45, 7) is 9.07. The van der Waals surface area contributed by atoms with Gasteiger partial charge in [-0.15, -0.1) is 0 Å². The number of esters is 1. The van der Waals surface area contributed by atoms with Crippen molar-refractivity contribution >= 4 is 17.8 Å². The monoisotopic (exact) mass is 376 g/mol. The highest BCUT2D eigenvalue weighted by molar-refractivity contribution is 6.09. The summed E-state index contributed by atoms with van der Waals surface area (Å²) in [6.07, 6.45) is 5.27. The molecule has 0 spiro atoms. The van der Waals surface area contributed by atoms with E-state index in [1.54, 1.807) is 12.1 Å². The molecule has 0 aliphatic heterocycles. The summed E-state index contributed by atoms with van der Waals surface area (Å²) in [5.41, 5.74) is 4.91. The maximum absolute atomic E-state index is 13.1. The van der Waals surface area contributed by atoms with Crippen molar-refractivity contribution in [1.82, 2.24) is 0 Å². The fraction of sp³-hybridized carbons (Fsp3) is 0.360. The van der Waals surface area contributed by atoms with Gasteiger partial charge in [0.25, 0.3) is 0 Å². The van der Waals surface area contributed by atoms with Crippen LogP contribution in [0.3, 0.4) is 0 Å². The molecule has 3 rings (SSSR count). The normalized spacial score (nSPS) is 17.2. The number of fused-ring (bicyclic) bond motifs is 1. The first kappa shape index (κ1) is 20.1. The summed E-state index contributed by atoms with van der Waals surface area (Å²) < 4.78 is 4.62. The second kappa shape index (κ2) is 7.38. The molecule has 28 heavy (non-hydrogen) atoms.